The van der Waals surface area contributed by atoms with Crippen LogP contribution in [0, 0.1) is 0 Å². The van der Waals surface area contributed by atoms with Gasteiger partial charge in [0.05, 0.1) is 5.60 Å². The molecule has 0 heterocycles. The van der Waals surface area contributed by atoms with E-state index in [-0.39, 0.29) is 0 Å². The fourth-order valence-electron chi connectivity index (χ4n) is 1.59. The number of allylic oxidation sites excluding steroid dienone is 3. The van der Waals surface area contributed by atoms with Crippen molar-refractivity contribution in [3.05, 3.63) is 23.8 Å². The average molecular weight is 166 g/mol. The Morgan fingerprint density at radius 3 is 2.83 bits per heavy atom. The van der Waals surface area contributed by atoms with Gasteiger partial charge in [-0.1, -0.05) is 25.2 Å². The molecule has 0 amide bonds. The number of aliphatic hydroxyl groups is 1. The van der Waals surface area contributed by atoms with Crippen LogP contribution in [0.25, 0.3) is 0 Å². The van der Waals surface area contributed by atoms with Gasteiger partial charge >= 0.3 is 0 Å². The molecule has 1 heteroatoms. The van der Waals surface area contributed by atoms with Gasteiger partial charge in [0.2, 0.25) is 0 Å². The molecule has 1 atom stereocenters. The molecule has 0 bridgehead atoms. The highest BCUT2D eigenvalue weighted by Crippen LogP contribution is 2.31. The fraction of sp³-hybridized carbons (Fsp3) is 0.636. The van der Waals surface area contributed by atoms with Crippen molar-refractivity contribution in [1.29, 1.82) is 0 Å². The molecule has 12 heavy (non-hydrogen) atoms. The molecule has 1 aliphatic rings. The molecular weight excluding hydrogens is 148 g/mol. The Balaban J connectivity index is 2.47. The van der Waals surface area contributed by atoms with Crippen molar-refractivity contribution in [2.24, 2.45) is 0 Å². The highest BCUT2D eigenvalue weighted by Gasteiger charge is 2.27. The van der Waals surface area contributed by atoms with E-state index in [9.17, 15) is 5.11 Å². The van der Waals surface area contributed by atoms with Crippen molar-refractivity contribution >= 4 is 0 Å². The molecule has 0 saturated heterocycles. The maximum absolute atomic E-state index is 9.85. The van der Waals surface area contributed by atoms with Crippen molar-refractivity contribution in [3.8, 4) is 0 Å². The first-order valence-electron chi connectivity index (χ1n) is 4.73. The van der Waals surface area contributed by atoms with E-state index in [1.807, 2.05) is 6.92 Å². The van der Waals surface area contributed by atoms with Crippen LogP contribution in [0.5, 0.6) is 0 Å². The monoisotopic (exact) mass is 166 g/mol. The van der Waals surface area contributed by atoms with Crippen LogP contribution in [-0.4, -0.2) is 10.7 Å². The van der Waals surface area contributed by atoms with Crippen LogP contribution in [0.4, 0.5) is 0 Å². The molecule has 1 aliphatic carbocycles. The lowest BCUT2D eigenvalue weighted by atomic mass is 9.96. The maximum atomic E-state index is 9.85. The lowest BCUT2D eigenvalue weighted by molar-refractivity contribution is 0.0979. The minimum atomic E-state index is -0.530. The van der Waals surface area contributed by atoms with Crippen LogP contribution in [0.3, 0.4) is 0 Å². The van der Waals surface area contributed by atoms with Gasteiger partial charge in [0.1, 0.15) is 0 Å². The summed E-state index contributed by atoms with van der Waals surface area (Å²) in [6.07, 6.45) is 10.4. The van der Waals surface area contributed by atoms with Crippen LogP contribution in [0.15, 0.2) is 23.8 Å². The Labute approximate surface area is 74.8 Å². The molecule has 0 aromatic rings. The van der Waals surface area contributed by atoms with Gasteiger partial charge in [0, 0.05) is 0 Å². The third kappa shape index (κ3) is 2.21. The normalized spacial score (nSPS) is 29.8. The fourth-order valence-corrected chi connectivity index (χ4v) is 1.59. The molecule has 1 unspecified atom stereocenters. The van der Waals surface area contributed by atoms with Crippen LogP contribution in [0.1, 0.15) is 39.5 Å². The van der Waals surface area contributed by atoms with Crippen molar-refractivity contribution in [3.63, 3.8) is 0 Å². The van der Waals surface area contributed by atoms with Gasteiger partial charge in [-0.25, -0.2) is 0 Å². The third-order valence-electron chi connectivity index (χ3n) is 2.45. The first-order valence-corrected chi connectivity index (χ1v) is 4.73. The van der Waals surface area contributed by atoms with Crippen LogP contribution in [0.2, 0.25) is 0 Å². The summed E-state index contributed by atoms with van der Waals surface area (Å²) in [6.45, 7) is 4.03. The van der Waals surface area contributed by atoms with E-state index in [2.05, 4.69) is 25.2 Å². The molecule has 68 valence electrons. The topological polar surface area (TPSA) is 20.2 Å². The van der Waals surface area contributed by atoms with Crippen molar-refractivity contribution in [2.75, 3.05) is 0 Å². The Morgan fingerprint density at radius 1 is 1.58 bits per heavy atom. The largest absolute Gasteiger partial charge is 0.386 e. The molecule has 0 aromatic carbocycles. The Bertz CT molecular complexity index is 199. The van der Waals surface area contributed by atoms with Gasteiger partial charge in [-0.05, 0) is 38.2 Å². The van der Waals surface area contributed by atoms with Crippen LogP contribution in [-0.2, 0) is 0 Å². The SMILES string of the molecule is CC/C=C/CC1=CCCC1(C)O. The minimum absolute atomic E-state index is 0.530. The first-order chi connectivity index (χ1) is 5.67. The molecule has 1 rings (SSSR count). The summed E-state index contributed by atoms with van der Waals surface area (Å²) < 4.78 is 0. The van der Waals surface area contributed by atoms with E-state index in [0.29, 0.717) is 0 Å². The maximum Gasteiger partial charge on any atom is 0.0834 e. The summed E-state index contributed by atoms with van der Waals surface area (Å²) in [5.74, 6) is 0. The zero-order valence-electron chi connectivity index (χ0n) is 8.01. The second kappa shape index (κ2) is 3.90. The third-order valence-corrected chi connectivity index (χ3v) is 2.45. The van der Waals surface area contributed by atoms with Gasteiger partial charge < -0.3 is 5.11 Å². The molecule has 1 nitrogen and oxygen atoms in total. The van der Waals surface area contributed by atoms with E-state index in [4.69, 9.17) is 0 Å². The summed E-state index contributed by atoms with van der Waals surface area (Å²) in [7, 11) is 0. The second-order valence-electron chi connectivity index (χ2n) is 3.63. The second-order valence-corrected chi connectivity index (χ2v) is 3.63. The predicted octanol–water partition coefficient (Wildman–Crippen LogP) is 2.81. The van der Waals surface area contributed by atoms with Crippen LogP contribution < -0.4 is 0 Å². The quantitative estimate of drug-likeness (QED) is 0.639. The van der Waals surface area contributed by atoms with Gasteiger partial charge in [-0.15, -0.1) is 0 Å². The lowest BCUT2D eigenvalue weighted by Gasteiger charge is -2.19. The number of hydrogen-bond donors (Lipinski definition) is 1. The summed E-state index contributed by atoms with van der Waals surface area (Å²) in [4.78, 5) is 0. The van der Waals surface area contributed by atoms with E-state index in [1.54, 1.807) is 0 Å². The highest BCUT2D eigenvalue weighted by molar-refractivity contribution is 5.23. The van der Waals surface area contributed by atoms with E-state index < -0.39 is 5.60 Å². The highest BCUT2D eigenvalue weighted by atomic mass is 16.3. The van der Waals surface area contributed by atoms with E-state index >= 15 is 0 Å². The molecule has 0 radical (unpaired) electrons. The Kier molecular flexibility index (Phi) is 3.10. The Morgan fingerprint density at radius 2 is 2.33 bits per heavy atom. The van der Waals surface area contributed by atoms with E-state index in [1.165, 1.54) is 5.57 Å². The molecule has 0 spiro atoms. The minimum Gasteiger partial charge on any atom is -0.386 e. The lowest BCUT2D eigenvalue weighted by Crippen LogP contribution is -2.22. The molecule has 0 aliphatic heterocycles. The first kappa shape index (κ1) is 9.53. The summed E-state index contributed by atoms with van der Waals surface area (Å²) in [5.41, 5.74) is 0.658. The molecule has 1 N–H and O–H groups in total. The number of hydrogen-bond acceptors (Lipinski definition) is 1. The summed E-state index contributed by atoms with van der Waals surface area (Å²) in [5, 5.41) is 9.85. The van der Waals surface area contributed by atoms with Crippen molar-refractivity contribution in [2.45, 2.75) is 45.1 Å². The Hall–Kier alpha value is -0.560. The standard InChI is InChI=1S/C11H18O/c1-3-4-5-7-10-8-6-9-11(10,2)12/h4-5,8,12H,3,6-7,9H2,1-2H3/b5-4+. The molecule has 0 fully saturated rings. The van der Waals surface area contributed by atoms with Crippen LogP contribution >= 0.6 is 0 Å². The van der Waals surface area contributed by atoms with Gasteiger partial charge in [-0.2, -0.15) is 0 Å². The van der Waals surface area contributed by atoms with Gasteiger partial charge in [-0.3, -0.25) is 0 Å². The van der Waals surface area contributed by atoms with E-state index in [0.717, 1.165) is 25.7 Å². The van der Waals surface area contributed by atoms with Crippen molar-refractivity contribution < 1.29 is 5.11 Å². The number of rotatable bonds is 3. The predicted molar refractivity (Wildman–Crippen MR) is 52.0 cm³/mol. The smallest absolute Gasteiger partial charge is 0.0834 e. The van der Waals surface area contributed by atoms with Gasteiger partial charge in [0.25, 0.3) is 0 Å². The average Bonchev–Trinajstić information content (AvgIpc) is 2.32. The summed E-state index contributed by atoms with van der Waals surface area (Å²) in [6, 6.07) is 0. The summed E-state index contributed by atoms with van der Waals surface area (Å²) >= 11 is 0. The molecule has 0 aromatic heterocycles. The molecular formula is C11H18O. The zero-order valence-corrected chi connectivity index (χ0v) is 8.01. The van der Waals surface area contributed by atoms with Gasteiger partial charge in [0.15, 0.2) is 0 Å². The molecule has 0 saturated carbocycles. The zero-order chi connectivity index (χ0) is 9.03. The van der Waals surface area contributed by atoms with Crippen molar-refractivity contribution in [1.82, 2.24) is 0 Å².